The fourth-order valence-electron chi connectivity index (χ4n) is 8.48. The molecule has 4 unspecified atom stereocenters. The molecule has 0 aromatic heterocycles. The van der Waals surface area contributed by atoms with E-state index in [1.54, 1.807) is 13.0 Å². The van der Waals surface area contributed by atoms with Crippen LogP contribution in [0.3, 0.4) is 0 Å². The van der Waals surface area contributed by atoms with Crippen molar-refractivity contribution in [3.63, 3.8) is 0 Å². The van der Waals surface area contributed by atoms with E-state index in [1.807, 2.05) is 13.8 Å². The number of carboxylic acid groups (broad SMARTS) is 1. The van der Waals surface area contributed by atoms with Crippen LogP contribution in [-0.4, -0.2) is 35.2 Å². The van der Waals surface area contributed by atoms with Crippen LogP contribution in [0.25, 0.3) is 0 Å². The third-order valence-corrected chi connectivity index (χ3v) is 10.0. The van der Waals surface area contributed by atoms with Gasteiger partial charge in [-0.05, 0) is 82.1 Å². The Morgan fingerprint density at radius 3 is 2.33 bits per heavy atom. The van der Waals surface area contributed by atoms with Crippen LogP contribution < -0.4 is 0 Å². The molecule has 4 rings (SSSR count). The minimum absolute atomic E-state index is 0.0314. The van der Waals surface area contributed by atoms with Crippen molar-refractivity contribution in [1.29, 1.82) is 0 Å². The van der Waals surface area contributed by atoms with Crippen LogP contribution in [0.4, 0.5) is 0 Å². The molecule has 4 aliphatic rings. The molecule has 4 fully saturated rings. The normalized spacial score (nSPS) is 44.5. The molecule has 0 aromatic carbocycles. The molecule has 0 aromatic rings. The first-order chi connectivity index (χ1) is 15.4. The average Bonchev–Trinajstić information content (AvgIpc) is 2.86. The SMILES string of the molecule is C=C1C2CCC3[C@]4(C)CCC[C@@](C)(C(=O)O)C4CC[C@@]3(C1OC(=O)/C(C)=C\C)[C@H]2OC(C)=O. The molecule has 182 valence electrons. The molecular formula is C27H38O6. The number of esters is 2. The molecule has 6 heteroatoms. The maximum atomic E-state index is 12.9. The lowest BCUT2D eigenvalue weighted by Gasteiger charge is -2.64. The lowest BCUT2D eigenvalue weighted by molar-refractivity contribution is -0.224. The number of hydrogen-bond acceptors (Lipinski definition) is 5. The van der Waals surface area contributed by atoms with Gasteiger partial charge in [-0.1, -0.05) is 26.0 Å². The molecule has 33 heavy (non-hydrogen) atoms. The number of fused-ring (bicyclic) bond motifs is 3. The van der Waals surface area contributed by atoms with Crippen molar-refractivity contribution in [1.82, 2.24) is 0 Å². The number of ether oxygens (including phenoxy) is 2. The van der Waals surface area contributed by atoms with Gasteiger partial charge < -0.3 is 14.6 Å². The molecule has 2 bridgehead atoms. The van der Waals surface area contributed by atoms with Crippen molar-refractivity contribution in [3.05, 3.63) is 23.8 Å². The van der Waals surface area contributed by atoms with Gasteiger partial charge in [0, 0.05) is 18.4 Å². The number of carbonyl (C=O) groups excluding carboxylic acids is 2. The van der Waals surface area contributed by atoms with Crippen molar-refractivity contribution >= 4 is 17.9 Å². The lowest BCUT2D eigenvalue weighted by Crippen LogP contribution is -2.64. The van der Waals surface area contributed by atoms with Gasteiger partial charge in [-0.25, -0.2) is 4.79 Å². The molecule has 8 atom stereocenters. The number of hydrogen-bond donors (Lipinski definition) is 1. The predicted octanol–water partition coefficient (Wildman–Crippen LogP) is 5.07. The van der Waals surface area contributed by atoms with E-state index in [1.165, 1.54) is 6.92 Å². The third-order valence-electron chi connectivity index (χ3n) is 10.0. The van der Waals surface area contributed by atoms with Crippen LogP contribution in [0.5, 0.6) is 0 Å². The Morgan fingerprint density at radius 2 is 1.73 bits per heavy atom. The summed E-state index contributed by atoms with van der Waals surface area (Å²) in [5, 5.41) is 10.2. The predicted molar refractivity (Wildman–Crippen MR) is 123 cm³/mol. The third kappa shape index (κ3) is 3.23. The zero-order valence-electron chi connectivity index (χ0n) is 20.6. The Kier molecular flexibility index (Phi) is 5.82. The maximum Gasteiger partial charge on any atom is 0.333 e. The van der Waals surface area contributed by atoms with Crippen molar-refractivity contribution < 1.29 is 29.0 Å². The van der Waals surface area contributed by atoms with Gasteiger partial charge in [-0.15, -0.1) is 0 Å². The Labute approximate surface area is 196 Å². The van der Waals surface area contributed by atoms with Crippen molar-refractivity contribution in [2.24, 2.45) is 34.0 Å². The van der Waals surface area contributed by atoms with E-state index in [4.69, 9.17) is 9.47 Å². The van der Waals surface area contributed by atoms with E-state index in [0.29, 0.717) is 24.8 Å². The van der Waals surface area contributed by atoms with Gasteiger partial charge >= 0.3 is 17.9 Å². The van der Waals surface area contributed by atoms with E-state index in [2.05, 4.69) is 13.5 Å². The van der Waals surface area contributed by atoms with Crippen LogP contribution in [0, 0.1) is 34.0 Å². The van der Waals surface area contributed by atoms with Crippen LogP contribution in [0.15, 0.2) is 23.8 Å². The first-order valence-electron chi connectivity index (χ1n) is 12.4. The Balaban J connectivity index is 1.83. The van der Waals surface area contributed by atoms with E-state index in [-0.39, 0.29) is 41.2 Å². The summed E-state index contributed by atoms with van der Waals surface area (Å²) < 4.78 is 12.2. The highest BCUT2D eigenvalue weighted by Crippen LogP contribution is 2.73. The van der Waals surface area contributed by atoms with Gasteiger partial charge in [-0.2, -0.15) is 0 Å². The zero-order chi connectivity index (χ0) is 24.3. The maximum absolute atomic E-state index is 12.9. The summed E-state index contributed by atoms with van der Waals surface area (Å²) in [7, 11) is 0. The molecule has 1 N–H and O–H groups in total. The quantitative estimate of drug-likeness (QED) is 0.359. The van der Waals surface area contributed by atoms with E-state index >= 15 is 0 Å². The monoisotopic (exact) mass is 458 g/mol. The lowest BCUT2D eigenvalue weighted by atomic mass is 9.40. The fourth-order valence-corrected chi connectivity index (χ4v) is 8.48. The Bertz CT molecular complexity index is 920. The summed E-state index contributed by atoms with van der Waals surface area (Å²) in [6, 6.07) is 0. The highest BCUT2D eigenvalue weighted by molar-refractivity contribution is 5.88. The molecule has 0 amide bonds. The second-order valence-corrected chi connectivity index (χ2v) is 11.4. The standard InChI is InChI=1S/C27H38O6/c1-7-15(2)23(29)33-21-16(3)18-9-10-20-25(5)12-8-13-26(6,24(30)31)19(25)11-14-27(20,21)22(18)32-17(4)28/h7,18-22H,3,8-14H2,1-2,4-6H3,(H,30,31)/b15-7-/t18?,19?,20?,21?,22-,25+,26+,27+/m0/s1. The van der Waals surface area contributed by atoms with Gasteiger partial charge in [0.25, 0.3) is 0 Å². The minimum Gasteiger partial charge on any atom is -0.481 e. The smallest absolute Gasteiger partial charge is 0.333 e. The van der Waals surface area contributed by atoms with Crippen LogP contribution in [-0.2, 0) is 23.9 Å². The molecule has 0 radical (unpaired) electrons. The van der Waals surface area contributed by atoms with Crippen molar-refractivity contribution in [2.45, 2.75) is 91.8 Å². The number of carboxylic acids is 1. The van der Waals surface area contributed by atoms with Crippen LogP contribution in [0.2, 0.25) is 0 Å². The minimum atomic E-state index is -0.772. The summed E-state index contributed by atoms with van der Waals surface area (Å²) in [6.45, 7) is 13.5. The molecule has 1 spiro atoms. The number of carbonyl (C=O) groups is 3. The molecule has 0 heterocycles. The van der Waals surface area contributed by atoms with Gasteiger partial charge in [0.2, 0.25) is 0 Å². The second-order valence-electron chi connectivity index (χ2n) is 11.4. The van der Waals surface area contributed by atoms with E-state index < -0.39 is 22.9 Å². The number of aliphatic carboxylic acids is 1. The summed E-state index contributed by atoms with van der Waals surface area (Å²) in [4.78, 5) is 37.5. The Morgan fingerprint density at radius 1 is 1.03 bits per heavy atom. The molecule has 4 aliphatic carbocycles. The first-order valence-corrected chi connectivity index (χ1v) is 12.4. The van der Waals surface area contributed by atoms with Gasteiger partial charge in [-0.3, -0.25) is 9.59 Å². The highest BCUT2D eigenvalue weighted by atomic mass is 16.6. The van der Waals surface area contributed by atoms with E-state index in [0.717, 1.165) is 31.3 Å². The second kappa shape index (κ2) is 7.99. The van der Waals surface area contributed by atoms with Gasteiger partial charge in [0.15, 0.2) is 0 Å². The Hall–Kier alpha value is -2.11. The average molecular weight is 459 g/mol. The summed E-state index contributed by atoms with van der Waals surface area (Å²) >= 11 is 0. The number of rotatable bonds is 4. The summed E-state index contributed by atoms with van der Waals surface area (Å²) in [5.41, 5.74) is -0.182. The fraction of sp³-hybridized carbons (Fsp3) is 0.741. The first kappa shape index (κ1) is 24.0. The van der Waals surface area contributed by atoms with Crippen molar-refractivity contribution in [2.75, 3.05) is 0 Å². The molecule has 6 nitrogen and oxygen atoms in total. The van der Waals surface area contributed by atoms with Crippen LogP contribution >= 0.6 is 0 Å². The molecule has 0 aliphatic heterocycles. The largest absolute Gasteiger partial charge is 0.481 e. The zero-order valence-corrected chi connectivity index (χ0v) is 20.6. The van der Waals surface area contributed by atoms with Crippen molar-refractivity contribution in [3.8, 4) is 0 Å². The summed E-state index contributed by atoms with van der Waals surface area (Å²) in [6.07, 6.45) is 6.39. The van der Waals surface area contributed by atoms with Gasteiger partial charge in [0.05, 0.1) is 10.8 Å². The van der Waals surface area contributed by atoms with Gasteiger partial charge in [0.1, 0.15) is 12.2 Å². The molecule has 4 saturated carbocycles. The van der Waals surface area contributed by atoms with E-state index in [9.17, 15) is 19.5 Å². The highest BCUT2D eigenvalue weighted by Gasteiger charge is 2.73. The summed E-state index contributed by atoms with van der Waals surface area (Å²) in [5.74, 6) is -1.33. The molecular weight excluding hydrogens is 420 g/mol. The number of allylic oxidation sites excluding steroid dienone is 1. The molecule has 0 saturated heterocycles. The van der Waals surface area contributed by atoms with Crippen LogP contribution in [0.1, 0.15) is 79.6 Å². The topological polar surface area (TPSA) is 89.9 Å².